The Morgan fingerprint density at radius 1 is 1.00 bits per heavy atom. The summed E-state index contributed by atoms with van der Waals surface area (Å²) >= 11 is 0. The second kappa shape index (κ2) is 8.93. The first-order valence-electron chi connectivity index (χ1n) is 10.0. The molecule has 2 aromatic carbocycles. The normalized spacial score (nSPS) is 12.6. The van der Waals surface area contributed by atoms with E-state index in [1.54, 1.807) is 12.1 Å². The molecule has 2 aliphatic rings. The fraction of sp³-hybridized carbons (Fsp3) is 0.115. The smallest absolute Gasteiger partial charge is 0.354 e. The van der Waals surface area contributed by atoms with Crippen molar-refractivity contribution in [3.63, 3.8) is 0 Å². The molecule has 31 heavy (non-hydrogen) atoms. The van der Waals surface area contributed by atoms with Crippen molar-refractivity contribution < 1.29 is 30.0 Å². The first-order chi connectivity index (χ1) is 14.7. The number of benzene rings is 2. The van der Waals surface area contributed by atoms with Gasteiger partial charge >= 0.3 is 5.97 Å². The number of pyridine rings is 2. The third-order valence-electron chi connectivity index (χ3n) is 5.55. The minimum atomic E-state index is -0.990. The zero-order valence-corrected chi connectivity index (χ0v) is 19.0. The predicted molar refractivity (Wildman–Crippen MR) is 118 cm³/mol. The number of aromatic nitrogens is 2. The Balaban J connectivity index is 0.000000198. The molecule has 0 spiro atoms. The Morgan fingerprint density at radius 3 is 2.68 bits per heavy atom. The van der Waals surface area contributed by atoms with Crippen LogP contribution in [0, 0.1) is 6.07 Å². The SMILES string of the molecule is O=C(O)c1ccccn1.[Ir].[c-]1cccc2c1-c1nc3cccc4c3c(c1CCC2)C=C4. The molecule has 4 aromatic rings. The standard InChI is InChI=1S/C20H14N.C6H5NO2.Ir/c1-2-8-15-13(5-1)6-3-9-17-16-12-11-14-7-4-10-18(19(14)16)21-20(15)17;8-6(9)5-3-1-2-4-7-5;/h1-2,4-5,7,10-12H,3,6,9H2;1-4H,(H,8,9);/q-1;;. The van der Waals surface area contributed by atoms with Crippen LogP contribution in [0.3, 0.4) is 0 Å². The van der Waals surface area contributed by atoms with E-state index >= 15 is 0 Å². The summed E-state index contributed by atoms with van der Waals surface area (Å²) in [6, 6.07) is 20.9. The van der Waals surface area contributed by atoms with Gasteiger partial charge in [0.25, 0.3) is 0 Å². The molecule has 2 aliphatic carbocycles. The number of carboxylic acid groups (broad SMARTS) is 1. The summed E-state index contributed by atoms with van der Waals surface area (Å²) in [6.45, 7) is 0. The molecule has 6 rings (SSSR count). The largest absolute Gasteiger partial charge is 0.477 e. The van der Waals surface area contributed by atoms with Crippen LogP contribution in [-0.2, 0) is 32.9 Å². The van der Waals surface area contributed by atoms with E-state index in [0.717, 1.165) is 24.1 Å². The van der Waals surface area contributed by atoms with Crippen LogP contribution in [0.25, 0.3) is 34.3 Å². The Morgan fingerprint density at radius 2 is 1.90 bits per heavy atom. The molecule has 0 saturated carbocycles. The maximum atomic E-state index is 10.1. The van der Waals surface area contributed by atoms with Gasteiger partial charge in [-0.05, 0) is 41.4 Å². The molecule has 0 amide bonds. The van der Waals surface area contributed by atoms with Gasteiger partial charge in [-0.2, -0.15) is 0 Å². The molecule has 1 N–H and O–H groups in total. The van der Waals surface area contributed by atoms with Crippen molar-refractivity contribution in [3.05, 3.63) is 94.8 Å². The van der Waals surface area contributed by atoms with Crippen LogP contribution in [0.1, 0.15) is 39.2 Å². The summed E-state index contributed by atoms with van der Waals surface area (Å²) in [6.07, 6.45) is 9.36. The molecular formula is C26H19IrN2O2-. The number of aryl methyl sites for hydroxylation is 1. The van der Waals surface area contributed by atoms with E-state index in [1.165, 1.54) is 51.9 Å². The second-order valence-electron chi connectivity index (χ2n) is 7.37. The minimum absolute atomic E-state index is 0. The minimum Gasteiger partial charge on any atom is -0.477 e. The Bertz CT molecular complexity index is 1300. The van der Waals surface area contributed by atoms with E-state index in [1.807, 2.05) is 6.07 Å². The maximum absolute atomic E-state index is 10.1. The Kier molecular flexibility index (Phi) is 6.08. The van der Waals surface area contributed by atoms with E-state index in [4.69, 9.17) is 10.1 Å². The van der Waals surface area contributed by atoms with E-state index in [2.05, 4.69) is 53.5 Å². The monoisotopic (exact) mass is 584 g/mol. The van der Waals surface area contributed by atoms with Crippen molar-refractivity contribution in [1.82, 2.24) is 9.97 Å². The van der Waals surface area contributed by atoms with Gasteiger partial charge in [0.05, 0.1) is 5.52 Å². The summed E-state index contributed by atoms with van der Waals surface area (Å²) in [7, 11) is 0. The molecule has 0 saturated heterocycles. The summed E-state index contributed by atoms with van der Waals surface area (Å²) in [5.41, 5.74) is 9.02. The predicted octanol–water partition coefficient (Wildman–Crippen LogP) is 5.45. The summed E-state index contributed by atoms with van der Waals surface area (Å²) in [5.74, 6) is -0.990. The number of hydrogen-bond acceptors (Lipinski definition) is 3. The van der Waals surface area contributed by atoms with Gasteiger partial charge in [-0.1, -0.05) is 48.8 Å². The molecule has 2 aromatic heterocycles. The Hall–Kier alpha value is -3.14. The number of fused-ring (bicyclic) bond motifs is 4. The van der Waals surface area contributed by atoms with Gasteiger partial charge in [0, 0.05) is 31.7 Å². The molecule has 2 heterocycles. The molecule has 0 bridgehead atoms. The van der Waals surface area contributed by atoms with Crippen molar-refractivity contribution in [2.24, 2.45) is 0 Å². The van der Waals surface area contributed by atoms with Gasteiger partial charge in [-0.3, -0.25) is 4.98 Å². The summed E-state index contributed by atoms with van der Waals surface area (Å²) < 4.78 is 0. The molecule has 0 aliphatic heterocycles. The van der Waals surface area contributed by atoms with E-state index in [0.29, 0.717) is 0 Å². The van der Waals surface area contributed by atoms with Gasteiger partial charge in [0.15, 0.2) is 0 Å². The number of rotatable bonds is 1. The van der Waals surface area contributed by atoms with E-state index in [9.17, 15) is 4.79 Å². The number of aromatic carboxylic acids is 1. The second-order valence-corrected chi connectivity index (χ2v) is 7.37. The van der Waals surface area contributed by atoms with Crippen molar-refractivity contribution >= 4 is 29.0 Å². The van der Waals surface area contributed by atoms with Crippen LogP contribution in [-0.4, -0.2) is 21.0 Å². The molecular weight excluding hydrogens is 565 g/mol. The molecule has 1 radical (unpaired) electrons. The number of carbonyl (C=O) groups is 1. The summed E-state index contributed by atoms with van der Waals surface area (Å²) in [4.78, 5) is 18.7. The zero-order chi connectivity index (χ0) is 20.5. The van der Waals surface area contributed by atoms with Crippen LogP contribution >= 0.6 is 0 Å². The molecule has 0 atom stereocenters. The van der Waals surface area contributed by atoms with Gasteiger partial charge < -0.3 is 5.11 Å². The fourth-order valence-corrected chi connectivity index (χ4v) is 4.21. The average Bonchev–Trinajstić information content (AvgIpc) is 3.13. The molecule has 155 valence electrons. The molecule has 0 fully saturated rings. The van der Waals surface area contributed by atoms with Gasteiger partial charge in [0.1, 0.15) is 5.69 Å². The fourth-order valence-electron chi connectivity index (χ4n) is 4.21. The number of hydrogen-bond donors (Lipinski definition) is 1. The van der Waals surface area contributed by atoms with Crippen LogP contribution in [0.2, 0.25) is 0 Å². The van der Waals surface area contributed by atoms with Crippen LogP contribution in [0.15, 0.2) is 60.8 Å². The first-order valence-corrected chi connectivity index (χ1v) is 10.0. The number of carboxylic acids is 1. The first kappa shape index (κ1) is 21.1. The quantitative estimate of drug-likeness (QED) is 0.267. The van der Waals surface area contributed by atoms with Gasteiger partial charge in [-0.25, -0.2) is 9.78 Å². The van der Waals surface area contributed by atoms with Gasteiger partial charge in [0.2, 0.25) is 0 Å². The zero-order valence-electron chi connectivity index (χ0n) is 16.6. The average molecular weight is 584 g/mol. The van der Waals surface area contributed by atoms with Crippen molar-refractivity contribution in [1.29, 1.82) is 0 Å². The third-order valence-corrected chi connectivity index (χ3v) is 5.55. The van der Waals surface area contributed by atoms with Crippen molar-refractivity contribution in [2.45, 2.75) is 19.3 Å². The van der Waals surface area contributed by atoms with Crippen LogP contribution in [0.5, 0.6) is 0 Å². The molecule has 0 unspecified atom stereocenters. The summed E-state index contributed by atoms with van der Waals surface area (Å²) in [5, 5.41) is 9.65. The topological polar surface area (TPSA) is 63.1 Å². The van der Waals surface area contributed by atoms with E-state index < -0.39 is 5.97 Å². The molecule has 4 nitrogen and oxygen atoms in total. The van der Waals surface area contributed by atoms with Crippen molar-refractivity contribution in [3.8, 4) is 11.3 Å². The van der Waals surface area contributed by atoms with Crippen LogP contribution in [0.4, 0.5) is 0 Å². The van der Waals surface area contributed by atoms with Gasteiger partial charge in [-0.15, -0.1) is 35.4 Å². The van der Waals surface area contributed by atoms with E-state index in [-0.39, 0.29) is 25.8 Å². The third kappa shape index (κ3) is 3.95. The maximum Gasteiger partial charge on any atom is 0.354 e. The van der Waals surface area contributed by atoms with Crippen molar-refractivity contribution in [2.75, 3.05) is 0 Å². The number of nitrogens with zero attached hydrogens (tertiary/aromatic N) is 2. The Labute approximate surface area is 194 Å². The molecule has 5 heteroatoms. The van der Waals surface area contributed by atoms with Crippen LogP contribution < -0.4 is 0 Å².